The molecule has 0 spiro atoms. The van der Waals surface area contributed by atoms with Crippen molar-refractivity contribution in [1.82, 2.24) is 30.2 Å². The molecule has 3 heterocycles. The highest BCUT2D eigenvalue weighted by Crippen LogP contribution is 2.61. The molecule has 62 heavy (non-hydrogen) atoms. The van der Waals surface area contributed by atoms with Gasteiger partial charge in [0.2, 0.25) is 11.8 Å². The molecule has 0 aromatic carbocycles. The summed E-state index contributed by atoms with van der Waals surface area (Å²) in [7, 11) is -16.4. The number of hydrogen-bond donors (Lipinski definition) is 9. The van der Waals surface area contributed by atoms with Crippen LogP contribution in [-0.2, 0) is 55.5 Å². The number of Topliss-reactive ketones (excluding diaryl/α,β-unsaturated/α-hetero) is 1. The van der Waals surface area contributed by atoms with Gasteiger partial charge in [-0.15, -0.1) is 0 Å². The molecule has 25 nitrogen and oxygen atoms in total. The van der Waals surface area contributed by atoms with E-state index in [0.29, 0.717) is 6.42 Å². The summed E-state index contributed by atoms with van der Waals surface area (Å²) >= 11 is 0.931. The lowest BCUT2D eigenvalue weighted by Gasteiger charge is -2.30. The minimum absolute atomic E-state index is 0.0257. The predicted molar refractivity (Wildman–Crippen MR) is 219 cm³/mol. The van der Waals surface area contributed by atoms with E-state index in [4.69, 9.17) is 19.5 Å². The average Bonchev–Trinajstić information content (AvgIpc) is 3.74. The van der Waals surface area contributed by atoms with Crippen LogP contribution in [-0.4, -0.2) is 128 Å². The quantitative estimate of drug-likeness (QED) is 0.0318. The largest absolute Gasteiger partial charge is 0.481 e. The predicted octanol–water partition coefficient (Wildman–Crippen LogP) is 1.76. The van der Waals surface area contributed by atoms with Crippen molar-refractivity contribution in [3.05, 3.63) is 12.7 Å². The lowest BCUT2D eigenvalue weighted by atomic mass is 9.87. The fourth-order valence-corrected chi connectivity index (χ4v) is 9.40. The Morgan fingerprint density at radius 1 is 0.952 bits per heavy atom. The number of rotatable bonds is 29. The van der Waals surface area contributed by atoms with Crippen molar-refractivity contribution in [2.24, 2.45) is 5.41 Å². The van der Waals surface area contributed by atoms with Gasteiger partial charge in [0.05, 0.1) is 26.0 Å². The summed E-state index contributed by atoms with van der Waals surface area (Å²) in [4.78, 5) is 100. The number of fused-ring (bicyclic) bond motifs is 1. The van der Waals surface area contributed by atoms with E-state index in [-0.39, 0.29) is 59.6 Å². The van der Waals surface area contributed by atoms with Gasteiger partial charge in [0.1, 0.15) is 42.0 Å². The molecular weight excluding hydrogens is 907 g/mol. The zero-order valence-electron chi connectivity index (χ0n) is 34.3. The van der Waals surface area contributed by atoms with E-state index in [2.05, 4.69) is 41.3 Å². The lowest BCUT2D eigenvalue weighted by Crippen LogP contribution is -2.46. The zero-order chi connectivity index (χ0) is 46.3. The van der Waals surface area contributed by atoms with Gasteiger partial charge in [-0.1, -0.05) is 71.1 Å². The fraction of sp³-hybridized carbons (Fsp3) is 0.727. The van der Waals surface area contributed by atoms with Gasteiger partial charge >= 0.3 is 23.5 Å². The summed E-state index contributed by atoms with van der Waals surface area (Å²) in [6, 6.07) is 0. The number of nitrogens with two attached hydrogens (primary N) is 1. The number of nitrogen functional groups attached to an aromatic ring is 1. The Balaban J connectivity index is 1.39. The van der Waals surface area contributed by atoms with E-state index < -0.39 is 84.6 Å². The topological polar surface area (TPSA) is 381 Å². The van der Waals surface area contributed by atoms with Crippen molar-refractivity contribution >= 4 is 74.9 Å². The van der Waals surface area contributed by atoms with Gasteiger partial charge in [-0.3, -0.25) is 37.3 Å². The molecule has 2 amide bonds. The molecule has 352 valence electrons. The summed E-state index contributed by atoms with van der Waals surface area (Å²) in [5.41, 5.74) is 4.24. The number of ether oxygens (including phenoxy) is 1. The number of imidazole rings is 1. The normalized spacial score (nSPS) is 20.7. The first-order valence-electron chi connectivity index (χ1n) is 19.5. The van der Waals surface area contributed by atoms with E-state index in [1.165, 1.54) is 33.1 Å². The highest BCUT2D eigenvalue weighted by atomic mass is 32.2. The number of amides is 2. The van der Waals surface area contributed by atoms with E-state index in [1.54, 1.807) is 0 Å². The lowest BCUT2D eigenvalue weighted by molar-refractivity contribution is -0.137. The molecule has 2 aromatic heterocycles. The van der Waals surface area contributed by atoms with Crippen LogP contribution in [0.3, 0.4) is 0 Å². The Morgan fingerprint density at radius 3 is 2.29 bits per heavy atom. The second-order valence-corrected chi connectivity index (χ2v) is 20.3. The Hall–Kier alpha value is -2.77. The van der Waals surface area contributed by atoms with Gasteiger partial charge in [-0.05, 0) is 6.42 Å². The maximum Gasteiger partial charge on any atom is 0.481 e. The smallest absolute Gasteiger partial charge is 0.386 e. The zero-order valence-corrected chi connectivity index (χ0v) is 37.8. The summed E-state index contributed by atoms with van der Waals surface area (Å²) < 4.78 is 62.2. The first-order valence-corrected chi connectivity index (χ1v) is 25.0. The van der Waals surface area contributed by atoms with Crippen LogP contribution >= 0.6 is 35.2 Å². The summed E-state index contributed by atoms with van der Waals surface area (Å²) in [5, 5.41) is 26.1. The number of phosphoric acid groups is 3. The highest BCUT2D eigenvalue weighted by molar-refractivity contribution is 8.13. The number of unbranched alkanes of at least 4 members (excludes halogenated alkanes) is 6. The van der Waals surface area contributed by atoms with Crippen LogP contribution in [0.1, 0.15) is 91.2 Å². The third-order valence-corrected chi connectivity index (χ3v) is 13.1. The number of aliphatic hydroxyl groups is 2. The molecule has 0 radical (unpaired) electrons. The Labute approximate surface area is 361 Å². The van der Waals surface area contributed by atoms with Gasteiger partial charge in [-0.2, -0.15) is 4.31 Å². The van der Waals surface area contributed by atoms with Crippen molar-refractivity contribution in [2.45, 2.75) is 116 Å². The molecule has 1 aliphatic rings. The van der Waals surface area contributed by atoms with E-state index in [0.717, 1.165) is 54.7 Å². The van der Waals surface area contributed by atoms with Crippen molar-refractivity contribution < 1.29 is 85.3 Å². The molecule has 0 aliphatic carbocycles. The van der Waals surface area contributed by atoms with Crippen molar-refractivity contribution in [2.75, 3.05) is 37.8 Å². The number of phosphoric ester groups is 3. The minimum atomic E-state index is -5.59. The monoisotopic (exact) mass is 963 g/mol. The number of nitrogens with one attached hydrogen (secondary N) is 2. The molecule has 3 unspecified atom stereocenters. The van der Waals surface area contributed by atoms with Crippen LogP contribution in [0.5, 0.6) is 0 Å². The fourth-order valence-electron chi connectivity index (χ4n) is 5.87. The van der Waals surface area contributed by atoms with Gasteiger partial charge < -0.3 is 50.9 Å². The molecule has 2 aromatic rings. The molecular formula is C33H56N7O18P3S. The van der Waals surface area contributed by atoms with Crippen LogP contribution in [0.25, 0.3) is 11.2 Å². The Morgan fingerprint density at radius 2 is 1.61 bits per heavy atom. The molecule has 1 aliphatic heterocycles. The van der Waals surface area contributed by atoms with Crippen LogP contribution in [0.2, 0.25) is 0 Å². The second kappa shape index (κ2) is 24.5. The van der Waals surface area contributed by atoms with Crippen molar-refractivity contribution in [3.63, 3.8) is 0 Å². The van der Waals surface area contributed by atoms with Gasteiger partial charge in [0.25, 0.3) is 0 Å². The number of anilines is 1. The SMILES string of the molecule is CCCCCCCCCC(=O)CC(=O)SCCNC(=O)CCNC(=O)[C@H](O)C(C)(C)COP(=O)(O)OP(=O)(O)OC[C@H]1O[C@@H](n2cnc3c(N)ncnc32)C(O)[C@H]1OP(=O)(O)O. The first kappa shape index (κ1) is 53.6. The highest BCUT2D eigenvalue weighted by Gasteiger charge is 2.50. The number of carbonyl (C=O) groups is 4. The molecule has 1 saturated heterocycles. The Bertz CT molecular complexity index is 1970. The van der Waals surface area contributed by atoms with Crippen molar-refractivity contribution in [3.8, 4) is 0 Å². The Kier molecular flexibility index (Phi) is 21.2. The van der Waals surface area contributed by atoms with Crippen LogP contribution in [0.15, 0.2) is 12.7 Å². The number of thioether (sulfide) groups is 1. The van der Waals surface area contributed by atoms with E-state index in [1.807, 2.05) is 0 Å². The summed E-state index contributed by atoms with van der Waals surface area (Å²) in [5.74, 6) is -1.40. The molecule has 10 N–H and O–H groups in total. The third-order valence-electron chi connectivity index (χ3n) is 9.17. The maximum absolute atomic E-state index is 12.7. The molecule has 3 rings (SSSR count). The third kappa shape index (κ3) is 18.0. The van der Waals surface area contributed by atoms with Crippen LogP contribution < -0.4 is 16.4 Å². The van der Waals surface area contributed by atoms with Gasteiger partial charge in [0.15, 0.2) is 22.8 Å². The molecule has 29 heteroatoms. The molecule has 0 bridgehead atoms. The van der Waals surface area contributed by atoms with E-state index in [9.17, 15) is 62.7 Å². The van der Waals surface area contributed by atoms with Crippen molar-refractivity contribution in [1.29, 1.82) is 0 Å². The molecule has 0 saturated carbocycles. The number of aromatic nitrogens is 4. The summed E-state index contributed by atoms with van der Waals surface area (Å²) in [6.07, 6.45) is 0.649. The van der Waals surface area contributed by atoms with Crippen LogP contribution in [0.4, 0.5) is 5.82 Å². The number of hydrogen-bond acceptors (Lipinski definition) is 19. The number of nitrogens with zero attached hydrogens (tertiary/aromatic N) is 4. The molecule has 1 fully saturated rings. The van der Waals surface area contributed by atoms with Crippen LogP contribution in [0, 0.1) is 5.41 Å². The number of carbonyl (C=O) groups excluding carboxylic acids is 4. The summed E-state index contributed by atoms with van der Waals surface area (Å²) in [6.45, 7) is 2.48. The molecule has 7 atom stereocenters. The average molecular weight is 964 g/mol. The standard InChI is InChI=1S/C33H56N7O18P3S/c1-4-5-6-7-8-9-10-11-21(41)16-24(43)62-15-14-35-23(42)12-13-36-31(46)28(45)33(2,3)18-55-61(52,53)58-60(50,51)54-17-22-27(57-59(47,48)49)26(44)32(56-22)40-20-39-25-29(34)37-19-38-30(25)40/h19-20,22,26-28,32,44-45H,4-18H2,1-3H3,(H,35,42)(H,36,46)(H,50,51)(H,52,53)(H2,34,37,38)(H2,47,48,49)/t22-,26?,27+,28+,32-/m1/s1. The maximum atomic E-state index is 12.7. The van der Waals surface area contributed by atoms with E-state index >= 15 is 0 Å². The number of ketones is 1. The first-order chi connectivity index (χ1) is 28.9. The van der Waals surface area contributed by atoms with Gasteiger partial charge in [-0.25, -0.2) is 28.6 Å². The second-order valence-electron chi connectivity index (χ2n) is 14.9. The van der Waals surface area contributed by atoms with Gasteiger partial charge in [0, 0.05) is 37.1 Å². The minimum Gasteiger partial charge on any atom is -0.386 e. The number of aliphatic hydroxyl groups excluding tert-OH is 2.